The highest BCUT2D eigenvalue weighted by Crippen LogP contribution is 2.42. The van der Waals surface area contributed by atoms with E-state index in [9.17, 15) is 4.79 Å². The predicted molar refractivity (Wildman–Crippen MR) is 78.0 cm³/mol. The molecular weight excluding hydrogens is 324 g/mol. The van der Waals surface area contributed by atoms with Crippen LogP contribution < -0.4 is 4.90 Å². The SMILES string of the molecule is COC(=O)c1cc(Br)cnc1N1CC2(CCOCC2)C1. The third kappa shape index (κ3) is 2.42. The summed E-state index contributed by atoms with van der Waals surface area (Å²) in [5.74, 6) is 0.374. The number of anilines is 1. The van der Waals surface area contributed by atoms with Crippen molar-refractivity contribution < 1.29 is 14.3 Å². The number of methoxy groups -OCH3 is 1. The average Bonchev–Trinajstić information content (AvgIpc) is 2.45. The van der Waals surface area contributed by atoms with Crippen molar-refractivity contribution in [2.75, 3.05) is 38.3 Å². The summed E-state index contributed by atoms with van der Waals surface area (Å²) in [6.07, 6.45) is 3.90. The van der Waals surface area contributed by atoms with E-state index in [1.807, 2.05) is 0 Å². The lowest BCUT2D eigenvalue weighted by Crippen LogP contribution is -2.59. The number of carbonyl (C=O) groups is 1. The van der Waals surface area contributed by atoms with E-state index in [2.05, 4.69) is 25.8 Å². The molecule has 108 valence electrons. The maximum absolute atomic E-state index is 11.9. The molecule has 0 bridgehead atoms. The van der Waals surface area contributed by atoms with Crippen molar-refractivity contribution in [3.05, 3.63) is 22.3 Å². The van der Waals surface area contributed by atoms with E-state index in [4.69, 9.17) is 9.47 Å². The van der Waals surface area contributed by atoms with Gasteiger partial charge in [0.05, 0.1) is 7.11 Å². The first-order chi connectivity index (χ1) is 9.63. The first kappa shape index (κ1) is 13.8. The number of ether oxygens (including phenoxy) is 2. The molecule has 2 aliphatic heterocycles. The van der Waals surface area contributed by atoms with Crippen LogP contribution in [0, 0.1) is 5.41 Å². The molecule has 1 spiro atoms. The smallest absolute Gasteiger partial charge is 0.341 e. The van der Waals surface area contributed by atoms with Crippen LogP contribution in [0.3, 0.4) is 0 Å². The molecule has 0 N–H and O–H groups in total. The Labute approximate surface area is 126 Å². The predicted octanol–water partition coefficient (Wildman–Crippen LogP) is 2.25. The number of rotatable bonds is 2. The van der Waals surface area contributed by atoms with E-state index in [0.717, 1.165) is 49.4 Å². The second-order valence-electron chi connectivity index (χ2n) is 5.48. The van der Waals surface area contributed by atoms with Crippen molar-refractivity contribution in [2.24, 2.45) is 5.41 Å². The van der Waals surface area contributed by atoms with Gasteiger partial charge in [0.1, 0.15) is 11.4 Å². The molecule has 2 saturated heterocycles. The van der Waals surface area contributed by atoms with E-state index in [0.29, 0.717) is 11.0 Å². The molecule has 2 aliphatic rings. The van der Waals surface area contributed by atoms with Crippen LogP contribution in [0.1, 0.15) is 23.2 Å². The van der Waals surface area contributed by atoms with Crippen molar-refractivity contribution in [1.82, 2.24) is 4.98 Å². The number of hydrogen-bond acceptors (Lipinski definition) is 5. The van der Waals surface area contributed by atoms with Gasteiger partial charge in [-0.2, -0.15) is 0 Å². The Morgan fingerprint density at radius 3 is 2.80 bits per heavy atom. The summed E-state index contributed by atoms with van der Waals surface area (Å²) in [7, 11) is 1.39. The van der Waals surface area contributed by atoms with Crippen LogP contribution in [0.5, 0.6) is 0 Å². The third-order valence-corrected chi connectivity index (χ3v) is 4.58. The lowest BCUT2D eigenvalue weighted by Gasteiger charge is -2.53. The number of aromatic nitrogens is 1. The number of esters is 1. The summed E-state index contributed by atoms with van der Waals surface area (Å²) in [4.78, 5) is 18.4. The Hall–Kier alpha value is -1.14. The fraction of sp³-hybridized carbons (Fsp3) is 0.571. The van der Waals surface area contributed by atoms with Crippen LogP contribution >= 0.6 is 15.9 Å². The number of carbonyl (C=O) groups excluding carboxylic acids is 1. The quantitative estimate of drug-likeness (QED) is 0.773. The summed E-state index contributed by atoms with van der Waals surface area (Å²) in [5, 5.41) is 0. The molecule has 6 heteroatoms. The maximum atomic E-state index is 11.9. The highest BCUT2D eigenvalue weighted by Gasteiger charge is 2.45. The molecule has 0 aliphatic carbocycles. The first-order valence-electron chi connectivity index (χ1n) is 6.70. The molecule has 0 aromatic carbocycles. The minimum Gasteiger partial charge on any atom is -0.465 e. The topological polar surface area (TPSA) is 51.7 Å². The summed E-state index contributed by atoms with van der Waals surface area (Å²) in [5.41, 5.74) is 0.865. The summed E-state index contributed by atoms with van der Waals surface area (Å²) in [6.45, 7) is 3.56. The molecule has 1 aromatic heterocycles. The van der Waals surface area contributed by atoms with Crippen molar-refractivity contribution in [1.29, 1.82) is 0 Å². The molecule has 0 atom stereocenters. The Bertz CT molecular complexity index is 521. The fourth-order valence-corrected chi connectivity index (χ4v) is 3.31. The van der Waals surface area contributed by atoms with Gasteiger partial charge in [0.2, 0.25) is 0 Å². The molecule has 2 fully saturated rings. The third-order valence-electron chi connectivity index (χ3n) is 4.14. The molecule has 0 saturated carbocycles. The van der Waals surface area contributed by atoms with Gasteiger partial charge < -0.3 is 14.4 Å². The summed E-state index contributed by atoms with van der Waals surface area (Å²) in [6, 6.07) is 1.77. The zero-order valence-electron chi connectivity index (χ0n) is 11.4. The molecule has 3 rings (SSSR count). The Morgan fingerprint density at radius 2 is 2.15 bits per heavy atom. The number of pyridine rings is 1. The molecule has 0 amide bonds. The highest BCUT2D eigenvalue weighted by atomic mass is 79.9. The van der Waals surface area contributed by atoms with Gasteiger partial charge in [-0.1, -0.05) is 0 Å². The second kappa shape index (κ2) is 5.33. The Kier molecular flexibility index (Phi) is 3.69. The number of nitrogens with zero attached hydrogens (tertiary/aromatic N) is 2. The monoisotopic (exact) mass is 340 g/mol. The van der Waals surface area contributed by atoms with Crippen LogP contribution in [-0.4, -0.2) is 44.4 Å². The molecule has 1 aromatic rings. The van der Waals surface area contributed by atoms with E-state index >= 15 is 0 Å². The van der Waals surface area contributed by atoms with Gasteiger partial charge in [-0.3, -0.25) is 0 Å². The lowest BCUT2D eigenvalue weighted by atomic mass is 9.73. The summed E-state index contributed by atoms with van der Waals surface area (Å²) < 4.78 is 11.0. The van der Waals surface area contributed by atoms with E-state index in [-0.39, 0.29) is 5.97 Å². The zero-order valence-corrected chi connectivity index (χ0v) is 13.0. The molecule has 3 heterocycles. The average molecular weight is 341 g/mol. The second-order valence-corrected chi connectivity index (χ2v) is 6.40. The van der Waals surface area contributed by atoms with Crippen molar-refractivity contribution in [3.8, 4) is 0 Å². The molecule has 5 nitrogen and oxygen atoms in total. The van der Waals surface area contributed by atoms with Crippen molar-refractivity contribution in [2.45, 2.75) is 12.8 Å². The van der Waals surface area contributed by atoms with Crippen LogP contribution in [0.25, 0.3) is 0 Å². The zero-order chi connectivity index (χ0) is 14.2. The first-order valence-corrected chi connectivity index (χ1v) is 7.49. The molecule has 0 radical (unpaired) electrons. The van der Waals surface area contributed by atoms with Gasteiger partial charge in [0.15, 0.2) is 0 Å². The van der Waals surface area contributed by atoms with Crippen LogP contribution in [0.2, 0.25) is 0 Å². The summed E-state index contributed by atoms with van der Waals surface area (Å²) >= 11 is 3.35. The van der Waals surface area contributed by atoms with Crippen LogP contribution in [0.15, 0.2) is 16.7 Å². The largest absolute Gasteiger partial charge is 0.465 e. The lowest BCUT2D eigenvalue weighted by molar-refractivity contribution is -0.000588. The van der Waals surface area contributed by atoms with Gasteiger partial charge in [-0.25, -0.2) is 9.78 Å². The minimum atomic E-state index is -0.346. The van der Waals surface area contributed by atoms with Gasteiger partial charge in [-0.05, 0) is 34.8 Å². The molecule has 20 heavy (non-hydrogen) atoms. The van der Waals surface area contributed by atoms with E-state index < -0.39 is 0 Å². The van der Waals surface area contributed by atoms with Crippen molar-refractivity contribution >= 4 is 27.7 Å². The van der Waals surface area contributed by atoms with Crippen molar-refractivity contribution in [3.63, 3.8) is 0 Å². The van der Waals surface area contributed by atoms with Crippen LogP contribution in [-0.2, 0) is 9.47 Å². The van der Waals surface area contributed by atoms with Crippen LogP contribution in [0.4, 0.5) is 5.82 Å². The number of halogens is 1. The van der Waals surface area contributed by atoms with Gasteiger partial charge >= 0.3 is 5.97 Å². The fourth-order valence-electron chi connectivity index (χ4n) is 2.98. The van der Waals surface area contributed by atoms with Gasteiger partial charge in [0.25, 0.3) is 0 Å². The normalized spacial score (nSPS) is 20.6. The Morgan fingerprint density at radius 1 is 1.45 bits per heavy atom. The molecular formula is C14H17BrN2O3. The Balaban J connectivity index is 1.80. The minimum absolute atomic E-state index is 0.346. The highest BCUT2D eigenvalue weighted by molar-refractivity contribution is 9.10. The van der Waals surface area contributed by atoms with E-state index in [1.165, 1.54) is 7.11 Å². The molecule has 0 unspecified atom stereocenters. The van der Waals surface area contributed by atoms with Gasteiger partial charge in [0, 0.05) is 42.4 Å². The van der Waals surface area contributed by atoms with E-state index in [1.54, 1.807) is 12.3 Å². The van der Waals surface area contributed by atoms with Gasteiger partial charge in [-0.15, -0.1) is 0 Å². The standard InChI is InChI=1S/C14H17BrN2O3/c1-19-13(18)11-6-10(15)7-16-12(11)17-8-14(9-17)2-4-20-5-3-14/h6-7H,2-5,8-9H2,1H3. The number of hydrogen-bond donors (Lipinski definition) is 0. The maximum Gasteiger partial charge on any atom is 0.341 e.